The van der Waals surface area contributed by atoms with E-state index in [1.807, 2.05) is 0 Å². The van der Waals surface area contributed by atoms with Crippen molar-refractivity contribution in [3.8, 4) is 11.5 Å². The molecule has 96 valence electrons. The second kappa shape index (κ2) is 5.18. The van der Waals surface area contributed by atoms with Crippen LogP contribution >= 0.6 is 0 Å². The van der Waals surface area contributed by atoms with Gasteiger partial charge in [-0.2, -0.15) is 0 Å². The van der Waals surface area contributed by atoms with Crippen LogP contribution in [0.15, 0.2) is 42.6 Å². The molecule has 0 atom stereocenters. The Labute approximate surface area is 108 Å². The molecule has 0 radical (unpaired) electrons. The predicted octanol–water partition coefficient (Wildman–Crippen LogP) is 1.67. The number of aromatic nitrogens is 1. The zero-order chi connectivity index (χ0) is 13.8. The van der Waals surface area contributed by atoms with Crippen molar-refractivity contribution in [2.75, 3.05) is 0 Å². The van der Waals surface area contributed by atoms with E-state index in [1.54, 1.807) is 18.2 Å². The molecule has 1 heterocycles. The summed E-state index contributed by atoms with van der Waals surface area (Å²) < 4.78 is 5.45. The van der Waals surface area contributed by atoms with Crippen molar-refractivity contribution in [2.45, 2.75) is 0 Å². The van der Waals surface area contributed by atoms with Crippen LogP contribution in [-0.4, -0.2) is 22.0 Å². The number of nitrogens with zero attached hydrogens (tertiary/aromatic N) is 1. The van der Waals surface area contributed by atoms with E-state index in [0.717, 1.165) is 0 Å². The van der Waals surface area contributed by atoms with Gasteiger partial charge >= 0.3 is 5.97 Å². The summed E-state index contributed by atoms with van der Waals surface area (Å²) in [5.41, 5.74) is 5.35. The van der Waals surface area contributed by atoms with Crippen molar-refractivity contribution in [1.82, 2.24) is 4.98 Å². The summed E-state index contributed by atoms with van der Waals surface area (Å²) in [6.07, 6.45) is 1.33. The Morgan fingerprint density at radius 2 is 1.89 bits per heavy atom. The summed E-state index contributed by atoms with van der Waals surface area (Å²) in [5.74, 6) is -1.00. The molecule has 2 rings (SSSR count). The zero-order valence-corrected chi connectivity index (χ0v) is 9.74. The highest BCUT2D eigenvalue weighted by Crippen LogP contribution is 2.22. The fraction of sp³-hybridized carbons (Fsp3) is 0. The first kappa shape index (κ1) is 12.6. The molecule has 1 aromatic carbocycles. The third-order valence-corrected chi connectivity index (χ3v) is 2.30. The first-order valence-electron chi connectivity index (χ1n) is 5.33. The van der Waals surface area contributed by atoms with E-state index in [2.05, 4.69) is 4.98 Å². The fourth-order valence-corrected chi connectivity index (χ4v) is 1.44. The van der Waals surface area contributed by atoms with Crippen LogP contribution in [0.4, 0.5) is 0 Å². The number of carbonyl (C=O) groups excluding carboxylic acids is 1. The number of hydrogen-bond acceptors (Lipinski definition) is 4. The van der Waals surface area contributed by atoms with Gasteiger partial charge in [-0.1, -0.05) is 6.07 Å². The van der Waals surface area contributed by atoms with Crippen LogP contribution in [0.1, 0.15) is 20.8 Å². The number of pyridine rings is 1. The fourth-order valence-electron chi connectivity index (χ4n) is 1.44. The largest absolute Gasteiger partial charge is 0.477 e. The zero-order valence-electron chi connectivity index (χ0n) is 9.74. The molecule has 1 amide bonds. The van der Waals surface area contributed by atoms with E-state index >= 15 is 0 Å². The standard InChI is InChI=1S/C13H10N2O4/c14-12(16)8-2-1-3-9(6-8)19-10-4-5-15-11(7-10)13(17)18/h1-7H,(H2,14,16)(H,17,18). The summed E-state index contributed by atoms with van der Waals surface area (Å²) in [7, 11) is 0. The Hall–Kier alpha value is -2.89. The van der Waals surface area contributed by atoms with Gasteiger partial charge in [0.2, 0.25) is 5.91 Å². The molecule has 0 aliphatic rings. The number of nitrogens with two attached hydrogens (primary N) is 1. The van der Waals surface area contributed by atoms with Gasteiger partial charge in [-0.15, -0.1) is 0 Å². The minimum absolute atomic E-state index is 0.122. The Morgan fingerprint density at radius 1 is 1.16 bits per heavy atom. The smallest absolute Gasteiger partial charge is 0.354 e. The van der Waals surface area contributed by atoms with Crippen molar-refractivity contribution in [3.63, 3.8) is 0 Å². The monoisotopic (exact) mass is 258 g/mol. The molecule has 0 saturated heterocycles. The molecule has 2 aromatic rings. The Morgan fingerprint density at radius 3 is 2.58 bits per heavy atom. The predicted molar refractivity (Wildman–Crippen MR) is 66.2 cm³/mol. The van der Waals surface area contributed by atoms with E-state index in [-0.39, 0.29) is 5.69 Å². The number of carbonyl (C=O) groups is 2. The van der Waals surface area contributed by atoms with Crippen LogP contribution in [0.2, 0.25) is 0 Å². The van der Waals surface area contributed by atoms with Crippen molar-refractivity contribution >= 4 is 11.9 Å². The van der Waals surface area contributed by atoms with Gasteiger partial charge in [0.15, 0.2) is 5.69 Å². The number of amides is 1. The summed E-state index contributed by atoms with van der Waals surface area (Å²) in [5, 5.41) is 8.81. The van der Waals surface area contributed by atoms with E-state index < -0.39 is 11.9 Å². The number of carboxylic acids is 1. The summed E-state index contributed by atoms with van der Waals surface area (Å²) >= 11 is 0. The molecule has 0 unspecified atom stereocenters. The van der Waals surface area contributed by atoms with Crippen LogP contribution < -0.4 is 10.5 Å². The van der Waals surface area contributed by atoms with Crippen molar-refractivity contribution in [3.05, 3.63) is 53.9 Å². The molecule has 6 nitrogen and oxygen atoms in total. The molecular weight excluding hydrogens is 248 g/mol. The molecule has 0 aliphatic carbocycles. The second-order valence-electron chi connectivity index (χ2n) is 3.68. The summed E-state index contributed by atoms with van der Waals surface area (Å²) in [6.45, 7) is 0. The lowest BCUT2D eigenvalue weighted by Crippen LogP contribution is -2.10. The molecule has 0 spiro atoms. The Kier molecular flexibility index (Phi) is 3.42. The first-order chi connectivity index (χ1) is 9.06. The number of aromatic carboxylic acids is 1. The lowest BCUT2D eigenvalue weighted by molar-refractivity contribution is 0.0690. The number of benzene rings is 1. The van der Waals surface area contributed by atoms with E-state index in [4.69, 9.17) is 15.6 Å². The minimum Gasteiger partial charge on any atom is -0.477 e. The average molecular weight is 258 g/mol. The highest BCUT2D eigenvalue weighted by Gasteiger charge is 2.07. The van der Waals surface area contributed by atoms with Crippen LogP contribution in [0.25, 0.3) is 0 Å². The van der Waals surface area contributed by atoms with Gasteiger partial charge < -0.3 is 15.6 Å². The SMILES string of the molecule is NC(=O)c1cccc(Oc2ccnc(C(=O)O)c2)c1. The topological polar surface area (TPSA) is 103 Å². The molecular formula is C13H10N2O4. The van der Waals surface area contributed by atoms with Gasteiger partial charge in [0.05, 0.1) is 0 Å². The van der Waals surface area contributed by atoms with E-state index in [0.29, 0.717) is 17.1 Å². The molecule has 6 heteroatoms. The minimum atomic E-state index is -1.14. The van der Waals surface area contributed by atoms with Crippen LogP contribution in [0.3, 0.4) is 0 Å². The lowest BCUT2D eigenvalue weighted by atomic mass is 10.2. The number of rotatable bonds is 4. The van der Waals surface area contributed by atoms with Gasteiger partial charge in [-0.25, -0.2) is 9.78 Å². The average Bonchev–Trinajstić information content (AvgIpc) is 2.39. The van der Waals surface area contributed by atoms with Gasteiger partial charge in [-0.3, -0.25) is 4.79 Å². The summed E-state index contributed by atoms with van der Waals surface area (Å²) in [6, 6.07) is 9.10. The van der Waals surface area contributed by atoms with Gasteiger partial charge in [-0.05, 0) is 24.3 Å². The van der Waals surface area contributed by atoms with Crippen molar-refractivity contribution in [1.29, 1.82) is 0 Å². The quantitative estimate of drug-likeness (QED) is 0.868. The van der Waals surface area contributed by atoms with Crippen molar-refractivity contribution < 1.29 is 19.4 Å². The maximum absolute atomic E-state index is 11.0. The van der Waals surface area contributed by atoms with Crippen molar-refractivity contribution in [2.24, 2.45) is 5.73 Å². The number of ether oxygens (including phenoxy) is 1. The van der Waals surface area contributed by atoms with Crippen LogP contribution in [-0.2, 0) is 0 Å². The Bertz CT molecular complexity index is 585. The van der Waals surface area contributed by atoms with E-state index in [1.165, 1.54) is 24.4 Å². The van der Waals surface area contributed by atoms with E-state index in [9.17, 15) is 9.59 Å². The van der Waals surface area contributed by atoms with Crippen LogP contribution in [0, 0.1) is 0 Å². The normalized spacial score (nSPS) is 9.89. The molecule has 0 saturated carbocycles. The molecule has 0 bridgehead atoms. The molecule has 1 aromatic heterocycles. The van der Waals surface area contributed by atoms with Crippen LogP contribution in [0.5, 0.6) is 11.5 Å². The maximum Gasteiger partial charge on any atom is 0.354 e. The number of carboxylic acid groups (broad SMARTS) is 1. The molecule has 0 aliphatic heterocycles. The van der Waals surface area contributed by atoms with Gasteiger partial charge in [0.25, 0.3) is 0 Å². The number of primary amides is 1. The second-order valence-corrected chi connectivity index (χ2v) is 3.68. The molecule has 3 N–H and O–H groups in total. The summed E-state index contributed by atoms with van der Waals surface area (Å²) in [4.78, 5) is 25.5. The highest BCUT2D eigenvalue weighted by atomic mass is 16.5. The number of hydrogen-bond donors (Lipinski definition) is 2. The highest BCUT2D eigenvalue weighted by molar-refractivity contribution is 5.93. The third-order valence-electron chi connectivity index (χ3n) is 2.30. The lowest BCUT2D eigenvalue weighted by Gasteiger charge is -2.06. The van der Waals surface area contributed by atoms with Gasteiger partial charge in [0, 0.05) is 17.8 Å². The third kappa shape index (κ3) is 3.06. The Balaban J connectivity index is 2.26. The molecule has 19 heavy (non-hydrogen) atoms. The molecule has 0 fully saturated rings. The van der Waals surface area contributed by atoms with Gasteiger partial charge in [0.1, 0.15) is 11.5 Å². The first-order valence-corrected chi connectivity index (χ1v) is 5.33. The maximum atomic E-state index is 11.0.